The summed E-state index contributed by atoms with van der Waals surface area (Å²) >= 11 is 0. The Hall–Kier alpha value is -3.48. The molecule has 0 saturated carbocycles. The zero-order valence-corrected chi connectivity index (χ0v) is 11.9. The Morgan fingerprint density at radius 1 is 1.04 bits per heavy atom. The lowest BCUT2D eigenvalue weighted by atomic mass is 10.2. The number of aromatic carboxylic acids is 1. The van der Waals surface area contributed by atoms with Gasteiger partial charge in [0.1, 0.15) is 17.2 Å². The first-order valence-electron chi connectivity index (χ1n) is 6.74. The number of hydrogen-bond acceptors (Lipinski definition) is 4. The maximum atomic E-state index is 11.6. The fraction of sp³-hybridized carbons (Fsp3) is 0. The van der Waals surface area contributed by atoms with E-state index in [1.54, 1.807) is 18.3 Å². The average molecular weight is 308 g/mol. The number of nitrogens with zero attached hydrogens (tertiary/aromatic N) is 2. The van der Waals surface area contributed by atoms with Crippen LogP contribution in [0.25, 0.3) is 23.5 Å². The van der Waals surface area contributed by atoms with Crippen molar-refractivity contribution in [1.29, 1.82) is 0 Å². The van der Waals surface area contributed by atoms with Crippen LogP contribution in [0, 0.1) is 0 Å². The summed E-state index contributed by atoms with van der Waals surface area (Å²) in [7, 11) is 0. The molecule has 0 fully saturated rings. The largest absolute Gasteiger partial charge is 0.477 e. The molecule has 3 N–H and O–H groups in total. The molecular formula is C16H12N4O3. The minimum absolute atomic E-state index is 0.260. The molecule has 7 heteroatoms. The summed E-state index contributed by atoms with van der Waals surface area (Å²) in [5.74, 6) is -0.320. The maximum Gasteiger partial charge on any atom is 0.342 e. The first-order valence-corrected chi connectivity index (χ1v) is 6.74. The summed E-state index contributed by atoms with van der Waals surface area (Å²) in [6.45, 7) is 0. The second kappa shape index (κ2) is 6.10. The van der Waals surface area contributed by atoms with E-state index in [0.29, 0.717) is 0 Å². The van der Waals surface area contributed by atoms with Gasteiger partial charge >= 0.3 is 5.97 Å². The number of aromatic amines is 2. The third-order valence-electron chi connectivity index (χ3n) is 3.11. The van der Waals surface area contributed by atoms with Crippen molar-refractivity contribution >= 4 is 18.1 Å². The number of aromatic nitrogens is 4. The van der Waals surface area contributed by atoms with Crippen molar-refractivity contribution in [3.63, 3.8) is 0 Å². The fourth-order valence-electron chi connectivity index (χ4n) is 1.98. The Bertz CT molecular complexity index is 926. The molecule has 3 rings (SSSR count). The minimum Gasteiger partial charge on any atom is -0.477 e. The first-order chi connectivity index (χ1) is 11.1. The molecule has 0 spiro atoms. The SMILES string of the molecule is O=C(O)c1cnc(/C=C/c2cnc(-c3ccccc3)[nH]2)[nH]c1=O. The van der Waals surface area contributed by atoms with Crippen LogP contribution in [0.5, 0.6) is 0 Å². The third-order valence-corrected chi connectivity index (χ3v) is 3.11. The molecule has 0 aliphatic heterocycles. The van der Waals surface area contributed by atoms with Crippen molar-refractivity contribution in [2.45, 2.75) is 0 Å². The highest BCUT2D eigenvalue weighted by molar-refractivity contribution is 5.86. The maximum absolute atomic E-state index is 11.6. The normalized spacial score (nSPS) is 11.0. The van der Waals surface area contributed by atoms with Crippen LogP contribution in [0.4, 0.5) is 0 Å². The molecule has 0 aliphatic rings. The van der Waals surface area contributed by atoms with Crippen molar-refractivity contribution in [2.75, 3.05) is 0 Å². The zero-order chi connectivity index (χ0) is 16.2. The molecule has 0 bridgehead atoms. The molecule has 0 saturated heterocycles. The Labute approximate surface area is 130 Å². The second-order valence-electron chi connectivity index (χ2n) is 4.70. The molecule has 2 aromatic heterocycles. The standard InChI is InChI=1S/C16H12N4O3/c21-15-12(16(22)23)9-17-13(20-15)7-6-11-8-18-14(19-11)10-4-2-1-3-5-10/h1-9H,(H,18,19)(H,22,23)(H,17,20,21)/b7-6+. The number of H-pyrrole nitrogens is 2. The van der Waals surface area contributed by atoms with Gasteiger partial charge in [-0.2, -0.15) is 0 Å². The van der Waals surface area contributed by atoms with Crippen molar-refractivity contribution < 1.29 is 9.90 Å². The fourth-order valence-corrected chi connectivity index (χ4v) is 1.98. The Morgan fingerprint density at radius 2 is 1.83 bits per heavy atom. The summed E-state index contributed by atoms with van der Waals surface area (Å²) in [6, 6.07) is 9.65. The summed E-state index contributed by atoms with van der Waals surface area (Å²) in [6.07, 6.45) is 5.94. The third kappa shape index (κ3) is 3.24. The summed E-state index contributed by atoms with van der Waals surface area (Å²) in [5, 5.41) is 8.78. The van der Waals surface area contributed by atoms with Crippen LogP contribution >= 0.6 is 0 Å². The lowest BCUT2D eigenvalue weighted by Gasteiger charge is -1.95. The number of carboxylic acid groups (broad SMARTS) is 1. The zero-order valence-electron chi connectivity index (χ0n) is 11.9. The number of hydrogen-bond donors (Lipinski definition) is 3. The predicted molar refractivity (Wildman–Crippen MR) is 84.8 cm³/mol. The highest BCUT2D eigenvalue weighted by atomic mass is 16.4. The van der Waals surface area contributed by atoms with Crippen LogP contribution in [0.1, 0.15) is 21.9 Å². The van der Waals surface area contributed by atoms with E-state index < -0.39 is 17.1 Å². The number of benzene rings is 1. The molecule has 1 aromatic carbocycles. The Morgan fingerprint density at radius 3 is 2.52 bits per heavy atom. The topological polar surface area (TPSA) is 112 Å². The summed E-state index contributed by atoms with van der Waals surface area (Å²) in [5.41, 5.74) is 0.607. The van der Waals surface area contributed by atoms with Gasteiger partial charge in [0.05, 0.1) is 11.9 Å². The number of carbonyl (C=O) groups is 1. The molecule has 0 amide bonds. The predicted octanol–water partition coefficient (Wildman–Crippen LogP) is 2.03. The Kier molecular flexibility index (Phi) is 3.84. The number of rotatable bonds is 4. The number of nitrogens with one attached hydrogen (secondary N) is 2. The Balaban J connectivity index is 1.81. The molecule has 23 heavy (non-hydrogen) atoms. The second-order valence-corrected chi connectivity index (χ2v) is 4.70. The number of imidazole rings is 1. The van der Waals surface area contributed by atoms with Gasteiger partial charge in [-0.25, -0.2) is 14.8 Å². The van der Waals surface area contributed by atoms with E-state index in [1.165, 1.54) is 0 Å². The van der Waals surface area contributed by atoms with Crippen molar-refractivity contribution in [3.8, 4) is 11.4 Å². The van der Waals surface area contributed by atoms with Crippen LogP contribution in [-0.2, 0) is 0 Å². The first kappa shape index (κ1) is 14.5. The van der Waals surface area contributed by atoms with Gasteiger partial charge in [0.25, 0.3) is 5.56 Å². The molecule has 0 radical (unpaired) electrons. The number of carboxylic acids is 1. The van der Waals surface area contributed by atoms with Gasteiger partial charge in [-0.15, -0.1) is 0 Å². The monoisotopic (exact) mass is 308 g/mol. The van der Waals surface area contributed by atoms with E-state index in [2.05, 4.69) is 19.9 Å². The van der Waals surface area contributed by atoms with Crippen LogP contribution in [0.2, 0.25) is 0 Å². The average Bonchev–Trinajstić information content (AvgIpc) is 3.02. The molecule has 0 atom stereocenters. The quantitative estimate of drug-likeness (QED) is 0.682. The van der Waals surface area contributed by atoms with E-state index in [4.69, 9.17) is 5.11 Å². The van der Waals surface area contributed by atoms with E-state index in [-0.39, 0.29) is 5.82 Å². The van der Waals surface area contributed by atoms with E-state index in [1.807, 2.05) is 30.3 Å². The van der Waals surface area contributed by atoms with Crippen LogP contribution in [0.3, 0.4) is 0 Å². The van der Waals surface area contributed by atoms with Crippen molar-refractivity contribution in [3.05, 3.63) is 70.2 Å². The molecule has 0 unspecified atom stereocenters. The molecule has 7 nitrogen and oxygen atoms in total. The van der Waals surface area contributed by atoms with Gasteiger partial charge in [-0.3, -0.25) is 4.79 Å². The van der Waals surface area contributed by atoms with Gasteiger partial charge in [0.15, 0.2) is 0 Å². The van der Waals surface area contributed by atoms with E-state index in [9.17, 15) is 9.59 Å². The lowest BCUT2D eigenvalue weighted by Crippen LogP contribution is -2.18. The molecule has 114 valence electrons. The van der Waals surface area contributed by atoms with Crippen LogP contribution in [-0.4, -0.2) is 31.0 Å². The van der Waals surface area contributed by atoms with Gasteiger partial charge in [0.2, 0.25) is 0 Å². The summed E-state index contributed by atoms with van der Waals surface area (Å²) in [4.78, 5) is 36.0. The van der Waals surface area contributed by atoms with E-state index in [0.717, 1.165) is 23.3 Å². The highest BCUT2D eigenvalue weighted by Gasteiger charge is 2.08. The van der Waals surface area contributed by atoms with Crippen molar-refractivity contribution in [1.82, 2.24) is 19.9 Å². The minimum atomic E-state index is -1.31. The summed E-state index contributed by atoms with van der Waals surface area (Å²) < 4.78 is 0. The molecule has 0 aliphatic carbocycles. The van der Waals surface area contributed by atoms with Gasteiger partial charge in [-0.05, 0) is 12.2 Å². The van der Waals surface area contributed by atoms with E-state index >= 15 is 0 Å². The highest BCUT2D eigenvalue weighted by Crippen LogP contribution is 2.15. The van der Waals surface area contributed by atoms with Gasteiger partial charge in [0, 0.05) is 11.8 Å². The lowest BCUT2D eigenvalue weighted by molar-refractivity contribution is 0.0694. The molecule has 2 heterocycles. The van der Waals surface area contributed by atoms with Gasteiger partial charge < -0.3 is 15.1 Å². The molecule has 3 aromatic rings. The van der Waals surface area contributed by atoms with Crippen LogP contribution in [0.15, 0.2) is 47.5 Å². The van der Waals surface area contributed by atoms with Crippen LogP contribution < -0.4 is 5.56 Å². The van der Waals surface area contributed by atoms with Gasteiger partial charge in [-0.1, -0.05) is 30.3 Å². The molecular weight excluding hydrogens is 296 g/mol. The van der Waals surface area contributed by atoms with Crippen molar-refractivity contribution in [2.24, 2.45) is 0 Å². The smallest absolute Gasteiger partial charge is 0.342 e.